The molecule has 1 aromatic heterocycles. The summed E-state index contributed by atoms with van der Waals surface area (Å²) in [5, 5.41) is 5.76. The van der Waals surface area contributed by atoms with E-state index in [2.05, 4.69) is 15.6 Å². The maximum atomic E-state index is 11.8. The molecule has 5 nitrogen and oxygen atoms in total. The van der Waals surface area contributed by atoms with Crippen molar-refractivity contribution >= 4 is 11.8 Å². The van der Waals surface area contributed by atoms with Gasteiger partial charge in [0.1, 0.15) is 0 Å². The van der Waals surface area contributed by atoms with Crippen molar-refractivity contribution in [3.8, 4) is 0 Å². The summed E-state index contributed by atoms with van der Waals surface area (Å²) in [6.45, 7) is 1.16. The topological polar surface area (TPSA) is 71.1 Å². The molecular formula is C18H27N3O2. The summed E-state index contributed by atoms with van der Waals surface area (Å²) in [6.07, 6.45) is 12.1. The molecule has 0 aromatic carbocycles. The number of pyridine rings is 1. The highest BCUT2D eigenvalue weighted by atomic mass is 16.2. The molecule has 0 bridgehead atoms. The van der Waals surface area contributed by atoms with E-state index in [-0.39, 0.29) is 11.8 Å². The van der Waals surface area contributed by atoms with Crippen LogP contribution in [0.3, 0.4) is 0 Å². The third kappa shape index (κ3) is 6.80. The van der Waals surface area contributed by atoms with Crippen molar-refractivity contribution in [3.63, 3.8) is 0 Å². The fourth-order valence-corrected chi connectivity index (χ4v) is 3.02. The van der Waals surface area contributed by atoms with Gasteiger partial charge in [-0.2, -0.15) is 0 Å². The molecule has 0 unspecified atom stereocenters. The first-order valence-corrected chi connectivity index (χ1v) is 8.70. The number of hydrogen-bond donors (Lipinski definition) is 2. The number of nitrogens with zero attached hydrogens (tertiary/aromatic N) is 1. The van der Waals surface area contributed by atoms with Crippen LogP contribution in [0, 0.1) is 5.92 Å². The predicted octanol–water partition coefficient (Wildman–Crippen LogP) is 2.68. The van der Waals surface area contributed by atoms with Gasteiger partial charge in [0, 0.05) is 31.9 Å². The molecule has 1 heterocycles. The Labute approximate surface area is 138 Å². The van der Waals surface area contributed by atoms with E-state index in [4.69, 9.17) is 0 Å². The Balaban J connectivity index is 1.49. The summed E-state index contributed by atoms with van der Waals surface area (Å²) in [5.41, 5.74) is 0.559. The van der Waals surface area contributed by atoms with Crippen molar-refractivity contribution in [1.82, 2.24) is 15.6 Å². The van der Waals surface area contributed by atoms with E-state index in [9.17, 15) is 9.59 Å². The maximum Gasteiger partial charge on any atom is 0.252 e. The summed E-state index contributed by atoms with van der Waals surface area (Å²) >= 11 is 0. The van der Waals surface area contributed by atoms with Gasteiger partial charge in [-0.15, -0.1) is 0 Å². The molecule has 2 amide bonds. The molecule has 2 rings (SSSR count). The Morgan fingerprint density at radius 1 is 1.13 bits per heavy atom. The molecule has 126 valence electrons. The van der Waals surface area contributed by atoms with Crippen molar-refractivity contribution in [2.24, 2.45) is 5.92 Å². The first-order chi connectivity index (χ1) is 11.3. The lowest BCUT2D eigenvalue weighted by Gasteiger charge is -2.20. The van der Waals surface area contributed by atoms with Crippen LogP contribution in [-0.2, 0) is 4.79 Å². The summed E-state index contributed by atoms with van der Waals surface area (Å²) in [5.74, 6) is 0.754. The number of carbonyl (C=O) groups is 2. The highest BCUT2D eigenvalue weighted by molar-refractivity contribution is 5.93. The minimum Gasteiger partial charge on any atom is -0.356 e. The van der Waals surface area contributed by atoms with E-state index >= 15 is 0 Å². The molecule has 0 radical (unpaired) electrons. The number of amides is 2. The van der Waals surface area contributed by atoms with Gasteiger partial charge in [0.15, 0.2) is 0 Å². The predicted molar refractivity (Wildman–Crippen MR) is 90.0 cm³/mol. The fourth-order valence-electron chi connectivity index (χ4n) is 3.02. The van der Waals surface area contributed by atoms with E-state index in [1.54, 1.807) is 24.5 Å². The molecule has 2 N–H and O–H groups in total. The van der Waals surface area contributed by atoms with E-state index in [1.807, 2.05) is 0 Å². The lowest BCUT2D eigenvalue weighted by atomic mass is 9.86. The van der Waals surface area contributed by atoms with Gasteiger partial charge < -0.3 is 10.6 Å². The number of carbonyl (C=O) groups excluding carboxylic acids is 2. The summed E-state index contributed by atoms with van der Waals surface area (Å²) in [4.78, 5) is 27.5. The van der Waals surface area contributed by atoms with E-state index in [1.165, 1.54) is 32.1 Å². The second kappa shape index (κ2) is 9.98. The van der Waals surface area contributed by atoms with Crippen molar-refractivity contribution in [3.05, 3.63) is 30.1 Å². The first-order valence-electron chi connectivity index (χ1n) is 8.70. The Hall–Kier alpha value is -1.91. The van der Waals surface area contributed by atoms with E-state index < -0.39 is 0 Å². The van der Waals surface area contributed by atoms with E-state index in [0.717, 1.165) is 18.8 Å². The van der Waals surface area contributed by atoms with Crippen LogP contribution in [-0.4, -0.2) is 29.9 Å². The summed E-state index contributed by atoms with van der Waals surface area (Å²) in [6, 6.07) is 3.47. The summed E-state index contributed by atoms with van der Waals surface area (Å²) in [7, 11) is 0. The van der Waals surface area contributed by atoms with Gasteiger partial charge in [-0.25, -0.2) is 0 Å². The van der Waals surface area contributed by atoms with Crippen LogP contribution in [0.15, 0.2) is 24.5 Å². The van der Waals surface area contributed by atoms with Gasteiger partial charge in [-0.05, 0) is 30.9 Å². The Kier molecular flexibility index (Phi) is 7.57. The molecule has 23 heavy (non-hydrogen) atoms. The molecule has 0 spiro atoms. The number of aromatic nitrogens is 1. The van der Waals surface area contributed by atoms with Crippen LogP contribution in [0.5, 0.6) is 0 Å². The molecule has 0 atom stereocenters. The molecule has 5 heteroatoms. The summed E-state index contributed by atoms with van der Waals surface area (Å²) < 4.78 is 0. The van der Waals surface area contributed by atoms with Crippen LogP contribution in [0.25, 0.3) is 0 Å². The highest BCUT2D eigenvalue weighted by Gasteiger charge is 2.14. The highest BCUT2D eigenvalue weighted by Crippen LogP contribution is 2.27. The number of rotatable bonds is 8. The zero-order chi connectivity index (χ0) is 16.3. The van der Waals surface area contributed by atoms with Gasteiger partial charge in [-0.3, -0.25) is 14.6 Å². The van der Waals surface area contributed by atoms with Crippen LogP contribution >= 0.6 is 0 Å². The SMILES string of the molecule is O=C(CCC1CCCCC1)NCCCNC(=O)c1cccnc1. The van der Waals surface area contributed by atoms with E-state index in [0.29, 0.717) is 25.1 Å². The smallest absolute Gasteiger partial charge is 0.252 e. The quantitative estimate of drug-likeness (QED) is 0.724. The molecular weight excluding hydrogens is 290 g/mol. The van der Waals surface area contributed by atoms with Crippen molar-refractivity contribution < 1.29 is 9.59 Å². The number of nitrogens with one attached hydrogen (secondary N) is 2. The average molecular weight is 317 g/mol. The lowest BCUT2D eigenvalue weighted by molar-refractivity contribution is -0.121. The Bertz CT molecular complexity index is 484. The molecule has 1 aliphatic rings. The van der Waals surface area contributed by atoms with Crippen molar-refractivity contribution in [2.45, 2.75) is 51.4 Å². The second-order valence-electron chi connectivity index (χ2n) is 6.24. The Morgan fingerprint density at radius 3 is 2.65 bits per heavy atom. The molecule has 1 aromatic rings. The normalized spacial score (nSPS) is 15.1. The fraction of sp³-hybridized carbons (Fsp3) is 0.611. The van der Waals surface area contributed by atoms with Gasteiger partial charge in [-0.1, -0.05) is 32.1 Å². The van der Waals surface area contributed by atoms with Crippen LogP contribution in [0.4, 0.5) is 0 Å². The zero-order valence-corrected chi connectivity index (χ0v) is 13.7. The molecule has 1 fully saturated rings. The van der Waals surface area contributed by atoms with Gasteiger partial charge in [0.2, 0.25) is 5.91 Å². The monoisotopic (exact) mass is 317 g/mol. The van der Waals surface area contributed by atoms with Gasteiger partial charge >= 0.3 is 0 Å². The van der Waals surface area contributed by atoms with Crippen LogP contribution < -0.4 is 10.6 Å². The first kappa shape index (κ1) is 17.4. The van der Waals surface area contributed by atoms with Gasteiger partial charge in [0.05, 0.1) is 5.56 Å². The zero-order valence-electron chi connectivity index (χ0n) is 13.7. The molecule has 1 aliphatic carbocycles. The average Bonchev–Trinajstić information content (AvgIpc) is 2.61. The maximum absolute atomic E-state index is 11.8. The minimum atomic E-state index is -0.123. The van der Waals surface area contributed by atoms with Crippen molar-refractivity contribution in [1.29, 1.82) is 0 Å². The van der Waals surface area contributed by atoms with Gasteiger partial charge in [0.25, 0.3) is 5.91 Å². The number of hydrogen-bond acceptors (Lipinski definition) is 3. The van der Waals surface area contributed by atoms with Crippen LogP contribution in [0.1, 0.15) is 61.7 Å². The van der Waals surface area contributed by atoms with Crippen LogP contribution in [0.2, 0.25) is 0 Å². The second-order valence-corrected chi connectivity index (χ2v) is 6.24. The minimum absolute atomic E-state index is 0.123. The molecule has 1 saturated carbocycles. The standard InChI is InChI=1S/C18H27N3O2/c22-17(10-9-15-6-2-1-3-7-15)20-12-5-13-21-18(23)16-8-4-11-19-14-16/h4,8,11,14-15H,1-3,5-7,9-10,12-13H2,(H,20,22)(H,21,23). The third-order valence-electron chi connectivity index (χ3n) is 4.39. The molecule has 0 saturated heterocycles. The lowest BCUT2D eigenvalue weighted by Crippen LogP contribution is -2.30. The Morgan fingerprint density at radius 2 is 1.91 bits per heavy atom. The third-order valence-corrected chi connectivity index (χ3v) is 4.39. The largest absolute Gasteiger partial charge is 0.356 e. The van der Waals surface area contributed by atoms with Crippen molar-refractivity contribution in [2.75, 3.05) is 13.1 Å². The molecule has 0 aliphatic heterocycles.